The second-order valence-corrected chi connectivity index (χ2v) is 4.70. The van der Waals surface area contributed by atoms with Crippen LogP contribution < -0.4 is 10.1 Å². The molecule has 0 heterocycles. The standard InChI is InChI=1S/C16H13ClN2O2/c17-15-4-2-1-3-13(15)10-19-16(20)11-21-14-7-5-12(9-18)6-8-14/h1-8H,10-11H2,(H,19,20). The van der Waals surface area contributed by atoms with E-state index in [2.05, 4.69) is 5.32 Å². The molecule has 0 fully saturated rings. The quantitative estimate of drug-likeness (QED) is 0.923. The molecule has 0 aliphatic carbocycles. The number of ether oxygens (including phenoxy) is 1. The van der Waals surface area contributed by atoms with Crippen molar-refractivity contribution in [3.63, 3.8) is 0 Å². The summed E-state index contributed by atoms with van der Waals surface area (Å²) in [5.41, 5.74) is 1.40. The summed E-state index contributed by atoms with van der Waals surface area (Å²) in [6, 6.07) is 15.9. The van der Waals surface area contributed by atoms with Crippen molar-refractivity contribution in [2.45, 2.75) is 6.54 Å². The molecule has 2 aromatic rings. The molecule has 4 nitrogen and oxygen atoms in total. The van der Waals surface area contributed by atoms with Gasteiger partial charge in [-0.1, -0.05) is 29.8 Å². The first-order valence-corrected chi connectivity index (χ1v) is 6.70. The van der Waals surface area contributed by atoms with E-state index >= 15 is 0 Å². The van der Waals surface area contributed by atoms with Crippen molar-refractivity contribution in [2.24, 2.45) is 0 Å². The van der Waals surface area contributed by atoms with Gasteiger partial charge in [0.15, 0.2) is 6.61 Å². The molecule has 2 aromatic carbocycles. The van der Waals surface area contributed by atoms with Gasteiger partial charge in [-0.15, -0.1) is 0 Å². The van der Waals surface area contributed by atoms with Crippen LogP contribution in [0.25, 0.3) is 0 Å². The summed E-state index contributed by atoms with van der Waals surface area (Å²) >= 11 is 6.00. The summed E-state index contributed by atoms with van der Waals surface area (Å²) in [6.45, 7) is 0.269. The minimum atomic E-state index is -0.237. The number of halogens is 1. The second kappa shape index (κ2) is 7.32. The lowest BCUT2D eigenvalue weighted by Gasteiger charge is -2.08. The fraction of sp³-hybridized carbons (Fsp3) is 0.125. The Morgan fingerprint density at radius 1 is 1.19 bits per heavy atom. The van der Waals surface area contributed by atoms with E-state index in [4.69, 9.17) is 21.6 Å². The Balaban J connectivity index is 1.79. The van der Waals surface area contributed by atoms with Gasteiger partial charge < -0.3 is 10.1 Å². The Morgan fingerprint density at radius 2 is 1.90 bits per heavy atom. The molecule has 0 spiro atoms. The molecular formula is C16H13ClN2O2. The Hall–Kier alpha value is -2.51. The molecule has 0 aromatic heterocycles. The molecule has 2 rings (SSSR count). The van der Waals surface area contributed by atoms with Crippen molar-refractivity contribution in [2.75, 3.05) is 6.61 Å². The molecule has 106 valence electrons. The smallest absolute Gasteiger partial charge is 0.258 e. The molecule has 0 aliphatic rings. The van der Waals surface area contributed by atoms with E-state index < -0.39 is 0 Å². The molecule has 0 bridgehead atoms. The highest BCUT2D eigenvalue weighted by Gasteiger charge is 2.04. The van der Waals surface area contributed by atoms with E-state index in [1.54, 1.807) is 30.3 Å². The van der Waals surface area contributed by atoms with E-state index in [-0.39, 0.29) is 12.5 Å². The maximum atomic E-state index is 11.7. The third-order valence-electron chi connectivity index (χ3n) is 2.79. The monoisotopic (exact) mass is 300 g/mol. The molecule has 0 unspecified atom stereocenters. The van der Waals surface area contributed by atoms with Crippen molar-refractivity contribution in [3.8, 4) is 11.8 Å². The van der Waals surface area contributed by atoms with Crippen molar-refractivity contribution >= 4 is 17.5 Å². The number of carbonyl (C=O) groups excluding carboxylic acids is 1. The highest BCUT2D eigenvalue weighted by atomic mass is 35.5. The third kappa shape index (κ3) is 4.51. The van der Waals surface area contributed by atoms with Crippen LogP contribution in [-0.4, -0.2) is 12.5 Å². The Morgan fingerprint density at radius 3 is 2.57 bits per heavy atom. The molecule has 5 heteroatoms. The number of nitrogens with one attached hydrogen (secondary N) is 1. The number of nitriles is 1. The van der Waals surface area contributed by atoms with Gasteiger partial charge in [0.05, 0.1) is 11.6 Å². The number of carbonyl (C=O) groups is 1. The number of benzene rings is 2. The summed E-state index contributed by atoms with van der Waals surface area (Å²) in [4.78, 5) is 11.7. The predicted octanol–water partition coefficient (Wildman–Crippen LogP) is 2.91. The second-order valence-electron chi connectivity index (χ2n) is 4.29. The van der Waals surface area contributed by atoms with Crippen LogP contribution in [0.3, 0.4) is 0 Å². The first kappa shape index (κ1) is 14.9. The van der Waals surface area contributed by atoms with Gasteiger partial charge in [0.2, 0.25) is 0 Å². The van der Waals surface area contributed by atoms with Crippen molar-refractivity contribution in [3.05, 3.63) is 64.7 Å². The van der Waals surface area contributed by atoms with E-state index in [0.29, 0.717) is 22.9 Å². The fourth-order valence-corrected chi connectivity index (χ4v) is 1.86. The van der Waals surface area contributed by atoms with Gasteiger partial charge >= 0.3 is 0 Å². The number of nitrogens with zero attached hydrogens (tertiary/aromatic N) is 1. The van der Waals surface area contributed by atoms with Gasteiger partial charge in [-0.05, 0) is 35.9 Å². The average Bonchev–Trinajstić information content (AvgIpc) is 2.52. The topological polar surface area (TPSA) is 62.1 Å². The van der Waals surface area contributed by atoms with Gasteiger partial charge in [-0.2, -0.15) is 5.26 Å². The van der Waals surface area contributed by atoms with Gasteiger partial charge in [-0.3, -0.25) is 4.79 Å². The molecule has 1 N–H and O–H groups in total. The zero-order valence-electron chi connectivity index (χ0n) is 11.2. The van der Waals surface area contributed by atoms with Crippen LogP contribution >= 0.6 is 11.6 Å². The first-order chi connectivity index (χ1) is 10.2. The zero-order chi connectivity index (χ0) is 15.1. The summed E-state index contributed by atoms with van der Waals surface area (Å²) in [5.74, 6) is 0.307. The molecule has 0 aliphatic heterocycles. The molecule has 0 radical (unpaired) electrons. The summed E-state index contributed by atoms with van der Waals surface area (Å²) < 4.78 is 5.33. The SMILES string of the molecule is N#Cc1ccc(OCC(=O)NCc2ccccc2Cl)cc1. The van der Waals surface area contributed by atoms with Crippen LogP contribution in [0.5, 0.6) is 5.75 Å². The number of hydrogen-bond acceptors (Lipinski definition) is 3. The van der Waals surface area contributed by atoms with Gasteiger partial charge in [0.25, 0.3) is 5.91 Å². The third-order valence-corrected chi connectivity index (χ3v) is 3.16. The van der Waals surface area contributed by atoms with Crippen LogP contribution in [0.2, 0.25) is 5.02 Å². The number of rotatable bonds is 5. The maximum absolute atomic E-state index is 11.7. The Labute approximate surface area is 127 Å². The molecule has 0 atom stereocenters. The maximum Gasteiger partial charge on any atom is 0.258 e. The lowest BCUT2D eigenvalue weighted by Crippen LogP contribution is -2.28. The summed E-state index contributed by atoms with van der Waals surface area (Å²) in [7, 11) is 0. The first-order valence-electron chi connectivity index (χ1n) is 6.32. The van der Waals surface area contributed by atoms with Crippen molar-refractivity contribution < 1.29 is 9.53 Å². The predicted molar refractivity (Wildman–Crippen MR) is 80.0 cm³/mol. The van der Waals surface area contributed by atoms with Crippen LogP contribution in [0.4, 0.5) is 0 Å². The lowest BCUT2D eigenvalue weighted by molar-refractivity contribution is -0.123. The van der Waals surface area contributed by atoms with Gasteiger partial charge in [0, 0.05) is 11.6 Å². The molecule has 21 heavy (non-hydrogen) atoms. The average molecular weight is 301 g/mol. The Kier molecular flexibility index (Phi) is 5.19. The van der Waals surface area contributed by atoms with Crippen LogP contribution in [0.15, 0.2) is 48.5 Å². The normalized spacial score (nSPS) is 9.71. The largest absolute Gasteiger partial charge is 0.484 e. The Bertz CT molecular complexity index is 663. The van der Waals surface area contributed by atoms with Crippen LogP contribution in [0.1, 0.15) is 11.1 Å². The number of amides is 1. The summed E-state index contributed by atoms with van der Waals surface area (Å²) in [5, 5.41) is 12.0. The van der Waals surface area contributed by atoms with E-state index in [0.717, 1.165) is 5.56 Å². The molecular weight excluding hydrogens is 288 g/mol. The minimum absolute atomic E-state index is 0.0870. The fourth-order valence-electron chi connectivity index (χ4n) is 1.66. The van der Waals surface area contributed by atoms with Gasteiger partial charge in [0.1, 0.15) is 5.75 Å². The van der Waals surface area contributed by atoms with E-state index in [1.807, 2.05) is 24.3 Å². The molecule has 1 amide bonds. The minimum Gasteiger partial charge on any atom is -0.484 e. The van der Waals surface area contributed by atoms with E-state index in [9.17, 15) is 4.79 Å². The van der Waals surface area contributed by atoms with Crippen LogP contribution in [0, 0.1) is 11.3 Å². The van der Waals surface area contributed by atoms with Crippen LogP contribution in [-0.2, 0) is 11.3 Å². The van der Waals surface area contributed by atoms with E-state index in [1.165, 1.54) is 0 Å². The highest BCUT2D eigenvalue weighted by molar-refractivity contribution is 6.31. The lowest BCUT2D eigenvalue weighted by atomic mass is 10.2. The highest BCUT2D eigenvalue weighted by Crippen LogP contribution is 2.14. The van der Waals surface area contributed by atoms with Crippen molar-refractivity contribution in [1.82, 2.24) is 5.32 Å². The molecule has 0 saturated carbocycles. The number of hydrogen-bond donors (Lipinski definition) is 1. The summed E-state index contributed by atoms with van der Waals surface area (Å²) in [6.07, 6.45) is 0. The zero-order valence-corrected chi connectivity index (χ0v) is 11.9. The molecule has 0 saturated heterocycles. The van der Waals surface area contributed by atoms with Gasteiger partial charge in [-0.25, -0.2) is 0 Å². The van der Waals surface area contributed by atoms with Crippen molar-refractivity contribution in [1.29, 1.82) is 5.26 Å².